The second-order valence-corrected chi connectivity index (χ2v) is 6.41. The van der Waals surface area contributed by atoms with Crippen molar-refractivity contribution in [3.63, 3.8) is 0 Å². The lowest BCUT2D eigenvalue weighted by molar-refractivity contribution is 0.373. The van der Waals surface area contributed by atoms with Crippen LogP contribution < -0.4 is 10.1 Å². The van der Waals surface area contributed by atoms with Gasteiger partial charge in [0.15, 0.2) is 5.82 Å². The summed E-state index contributed by atoms with van der Waals surface area (Å²) in [4.78, 5) is 4.41. The van der Waals surface area contributed by atoms with Crippen molar-refractivity contribution in [2.24, 2.45) is 5.92 Å². The first-order chi connectivity index (χ1) is 11.9. The van der Waals surface area contributed by atoms with E-state index < -0.39 is 0 Å². The Kier molecular flexibility index (Phi) is 4.32. The molecule has 0 bridgehead atoms. The summed E-state index contributed by atoms with van der Waals surface area (Å²) in [5.74, 6) is 2.92. The molecule has 1 fully saturated rings. The maximum Gasteiger partial charge on any atom is 0.232 e. The van der Waals surface area contributed by atoms with Gasteiger partial charge in [-0.15, -0.1) is 0 Å². The monoisotopic (exact) mass is 322 g/mol. The molecule has 5 heteroatoms. The van der Waals surface area contributed by atoms with Crippen molar-refractivity contribution in [1.29, 1.82) is 0 Å². The van der Waals surface area contributed by atoms with E-state index in [2.05, 4.69) is 20.5 Å². The van der Waals surface area contributed by atoms with Gasteiger partial charge in [-0.05, 0) is 37.0 Å². The van der Waals surface area contributed by atoms with Gasteiger partial charge in [-0.3, -0.25) is 5.10 Å². The molecule has 2 aromatic heterocycles. The molecule has 0 saturated heterocycles. The SMILES string of the molecule is c1ccc(Oc2nccc3[nH]nc(NCC4CCCCC4)c23)cc1. The molecule has 2 N–H and O–H groups in total. The Balaban J connectivity index is 1.57. The van der Waals surface area contributed by atoms with Crippen LogP contribution in [0, 0.1) is 5.92 Å². The third kappa shape index (κ3) is 3.20. The number of benzene rings is 1. The number of fused-ring (bicyclic) bond motifs is 1. The smallest absolute Gasteiger partial charge is 0.232 e. The molecule has 1 aromatic carbocycles. The summed E-state index contributed by atoms with van der Waals surface area (Å²) < 4.78 is 5.97. The molecule has 0 spiro atoms. The van der Waals surface area contributed by atoms with Gasteiger partial charge in [0, 0.05) is 12.7 Å². The van der Waals surface area contributed by atoms with Crippen LogP contribution in [0.25, 0.3) is 10.9 Å². The number of aromatic nitrogens is 3. The van der Waals surface area contributed by atoms with Crippen LogP contribution in [0.2, 0.25) is 0 Å². The number of ether oxygens (including phenoxy) is 1. The van der Waals surface area contributed by atoms with Gasteiger partial charge in [-0.2, -0.15) is 5.10 Å². The minimum Gasteiger partial charge on any atom is -0.438 e. The van der Waals surface area contributed by atoms with Crippen LogP contribution in [0.5, 0.6) is 11.6 Å². The van der Waals surface area contributed by atoms with Gasteiger partial charge < -0.3 is 10.1 Å². The zero-order chi connectivity index (χ0) is 16.2. The van der Waals surface area contributed by atoms with Crippen LogP contribution in [0.3, 0.4) is 0 Å². The summed E-state index contributed by atoms with van der Waals surface area (Å²) in [5.41, 5.74) is 0.932. The van der Waals surface area contributed by atoms with Crippen molar-refractivity contribution in [3.05, 3.63) is 42.6 Å². The highest BCUT2D eigenvalue weighted by Crippen LogP contribution is 2.32. The Morgan fingerprint density at radius 2 is 1.92 bits per heavy atom. The second kappa shape index (κ2) is 6.91. The third-order valence-corrected chi connectivity index (χ3v) is 4.68. The lowest BCUT2D eigenvalue weighted by Gasteiger charge is -2.21. The van der Waals surface area contributed by atoms with E-state index in [4.69, 9.17) is 4.74 Å². The molecular weight excluding hydrogens is 300 g/mol. The fourth-order valence-corrected chi connectivity index (χ4v) is 3.37. The molecule has 24 heavy (non-hydrogen) atoms. The normalized spacial score (nSPS) is 15.5. The van der Waals surface area contributed by atoms with Crippen molar-refractivity contribution in [1.82, 2.24) is 15.2 Å². The zero-order valence-electron chi connectivity index (χ0n) is 13.7. The van der Waals surface area contributed by atoms with Crippen LogP contribution in [0.15, 0.2) is 42.6 Å². The first kappa shape index (κ1) is 15.0. The average Bonchev–Trinajstić information content (AvgIpc) is 3.06. The summed E-state index contributed by atoms with van der Waals surface area (Å²) in [6.45, 7) is 0.958. The lowest BCUT2D eigenvalue weighted by atomic mass is 9.89. The van der Waals surface area contributed by atoms with Crippen molar-refractivity contribution in [2.45, 2.75) is 32.1 Å². The van der Waals surface area contributed by atoms with E-state index >= 15 is 0 Å². The van der Waals surface area contributed by atoms with Crippen LogP contribution >= 0.6 is 0 Å². The fraction of sp³-hybridized carbons (Fsp3) is 0.368. The van der Waals surface area contributed by atoms with Gasteiger partial charge in [0.05, 0.1) is 5.52 Å². The third-order valence-electron chi connectivity index (χ3n) is 4.68. The van der Waals surface area contributed by atoms with Crippen molar-refractivity contribution in [3.8, 4) is 11.6 Å². The van der Waals surface area contributed by atoms with Gasteiger partial charge in [0.1, 0.15) is 11.1 Å². The molecular formula is C19H22N4O. The van der Waals surface area contributed by atoms with Gasteiger partial charge in [0.25, 0.3) is 0 Å². The number of aromatic amines is 1. The van der Waals surface area contributed by atoms with Gasteiger partial charge in [-0.1, -0.05) is 37.5 Å². The van der Waals surface area contributed by atoms with E-state index in [0.717, 1.165) is 34.9 Å². The van der Waals surface area contributed by atoms with Crippen LogP contribution in [-0.2, 0) is 0 Å². The van der Waals surface area contributed by atoms with Crippen molar-refractivity contribution in [2.75, 3.05) is 11.9 Å². The standard InChI is InChI=1S/C19H22N4O/c1-3-7-14(8-4-1)13-21-18-17-16(22-23-18)11-12-20-19(17)24-15-9-5-2-6-10-15/h2,5-6,9-12,14H,1,3-4,7-8,13H2,(H2,21,22,23). The molecule has 0 atom stereocenters. The number of nitrogens with zero attached hydrogens (tertiary/aromatic N) is 2. The summed E-state index contributed by atoms with van der Waals surface area (Å²) in [6, 6.07) is 11.6. The quantitative estimate of drug-likeness (QED) is 0.712. The number of para-hydroxylation sites is 1. The Hall–Kier alpha value is -2.56. The highest BCUT2D eigenvalue weighted by atomic mass is 16.5. The molecule has 124 valence electrons. The number of rotatable bonds is 5. The maximum atomic E-state index is 5.97. The predicted octanol–water partition coefficient (Wildman–Crippen LogP) is 4.74. The minimum absolute atomic E-state index is 0.582. The summed E-state index contributed by atoms with van der Waals surface area (Å²) in [7, 11) is 0. The van der Waals surface area contributed by atoms with Crippen LogP contribution in [0.4, 0.5) is 5.82 Å². The van der Waals surface area contributed by atoms with E-state index in [1.54, 1.807) is 6.20 Å². The fourth-order valence-electron chi connectivity index (χ4n) is 3.37. The summed E-state index contributed by atoms with van der Waals surface area (Å²) >= 11 is 0. The number of H-pyrrole nitrogens is 1. The van der Waals surface area contributed by atoms with E-state index in [1.165, 1.54) is 32.1 Å². The molecule has 0 amide bonds. The van der Waals surface area contributed by atoms with E-state index in [9.17, 15) is 0 Å². The Bertz CT molecular complexity index is 793. The number of nitrogens with one attached hydrogen (secondary N) is 2. The molecule has 0 unspecified atom stereocenters. The molecule has 5 nitrogen and oxygen atoms in total. The average molecular weight is 322 g/mol. The highest BCUT2D eigenvalue weighted by molar-refractivity contribution is 5.94. The lowest BCUT2D eigenvalue weighted by Crippen LogP contribution is -2.17. The number of hydrogen-bond acceptors (Lipinski definition) is 4. The maximum absolute atomic E-state index is 5.97. The summed E-state index contributed by atoms with van der Waals surface area (Å²) in [5, 5.41) is 11.9. The number of anilines is 1. The molecule has 0 radical (unpaired) electrons. The largest absolute Gasteiger partial charge is 0.438 e. The van der Waals surface area contributed by atoms with E-state index in [-0.39, 0.29) is 0 Å². The minimum atomic E-state index is 0.582. The van der Waals surface area contributed by atoms with Gasteiger partial charge in [-0.25, -0.2) is 4.98 Å². The van der Waals surface area contributed by atoms with Gasteiger partial charge in [0.2, 0.25) is 5.88 Å². The summed E-state index contributed by atoms with van der Waals surface area (Å²) in [6.07, 6.45) is 8.42. The second-order valence-electron chi connectivity index (χ2n) is 6.41. The zero-order valence-corrected chi connectivity index (χ0v) is 13.7. The van der Waals surface area contributed by atoms with Crippen LogP contribution in [0.1, 0.15) is 32.1 Å². The topological polar surface area (TPSA) is 62.8 Å². The molecule has 1 aliphatic carbocycles. The Morgan fingerprint density at radius 3 is 2.75 bits per heavy atom. The van der Waals surface area contributed by atoms with Crippen molar-refractivity contribution >= 4 is 16.7 Å². The van der Waals surface area contributed by atoms with Crippen molar-refractivity contribution < 1.29 is 4.74 Å². The first-order valence-corrected chi connectivity index (χ1v) is 8.70. The predicted molar refractivity (Wildman–Crippen MR) is 95.5 cm³/mol. The molecule has 3 aromatic rings. The number of pyridine rings is 1. The Morgan fingerprint density at radius 1 is 1.08 bits per heavy atom. The number of hydrogen-bond donors (Lipinski definition) is 2. The molecule has 4 rings (SSSR count). The molecule has 1 saturated carbocycles. The molecule has 0 aliphatic heterocycles. The first-order valence-electron chi connectivity index (χ1n) is 8.70. The van der Waals surface area contributed by atoms with E-state index in [0.29, 0.717) is 5.88 Å². The highest BCUT2D eigenvalue weighted by Gasteiger charge is 2.17. The van der Waals surface area contributed by atoms with E-state index in [1.807, 2.05) is 36.4 Å². The van der Waals surface area contributed by atoms with Gasteiger partial charge >= 0.3 is 0 Å². The molecule has 1 aliphatic rings. The molecule has 2 heterocycles. The van der Waals surface area contributed by atoms with Crippen LogP contribution in [-0.4, -0.2) is 21.7 Å². The Labute approximate surface area is 141 Å².